The average Bonchev–Trinajstić information content (AvgIpc) is 3.40. The van der Waals surface area contributed by atoms with E-state index in [-0.39, 0.29) is 58.0 Å². The van der Waals surface area contributed by atoms with Crippen LogP contribution < -0.4 is 10.6 Å². The Bertz CT molecular complexity index is 2040. The van der Waals surface area contributed by atoms with Crippen LogP contribution >= 0.6 is 11.6 Å². The van der Waals surface area contributed by atoms with Gasteiger partial charge in [-0.3, -0.25) is 14.3 Å². The first-order chi connectivity index (χ1) is 22.3. The van der Waals surface area contributed by atoms with Gasteiger partial charge in [0.05, 0.1) is 22.5 Å². The van der Waals surface area contributed by atoms with Crippen LogP contribution in [0.25, 0.3) is 10.9 Å². The number of nitrogens with zero attached hydrogens (tertiary/aromatic N) is 3. The number of halogens is 6. The number of anilines is 1. The molecule has 2 aliphatic rings. The third-order valence-corrected chi connectivity index (χ3v) is 8.36. The zero-order valence-corrected chi connectivity index (χ0v) is 26.5. The molecule has 3 aromatic carbocycles. The van der Waals surface area contributed by atoms with E-state index < -0.39 is 58.2 Å². The number of hydrogen-bond acceptors (Lipinski definition) is 6. The van der Waals surface area contributed by atoms with Gasteiger partial charge in [0.1, 0.15) is 22.8 Å². The predicted octanol–water partition coefficient (Wildman–Crippen LogP) is 6.05. The lowest BCUT2D eigenvalue weighted by Crippen LogP contribution is -2.50. The van der Waals surface area contributed by atoms with Crippen molar-refractivity contribution in [2.24, 2.45) is 7.05 Å². The Balaban J connectivity index is 1.51. The maximum absolute atomic E-state index is 14.4. The van der Waals surface area contributed by atoms with Crippen molar-refractivity contribution < 1.29 is 46.2 Å². The molecule has 3 N–H and O–H groups in total. The van der Waals surface area contributed by atoms with Gasteiger partial charge in [0.15, 0.2) is 5.72 Å². The first-order valence-corrected chi connectivity index (χ1v) is 14.9. The van der Waals surface area contributed by atoms with E-state index in [4.69, 9.17) is 16.3 Å². The van der Waals surface area contributed by atoms with Gasteiger partial charge in [-0.1, -0.05) is 11.6 Å². The highest BCUT2D eigenvalue weighted by molar-refractivity contribution is 6.31. The standard InChI is InChI=1S/C32H27ClF5N5O5/c1-30(2,3)48-29(46)43-12-15(13-43)26-19-11-22(39-27(44)14-7-16(32(36,37)38)9-18(35)8-14)24-23(25(19)41-42(26)4)28(45)40-31(24,47)20-10-17(34)5-6-21(20)33/h5-11,15,47H,12-13H2,1-4H3,(H,39,44)(H,40,45). The highest BCUT2D eigenvalue weighted by atomic mass is 35.5. The van der Waals surface area contributed by atoms with E-state index in [1.54, 1.807) is 27.8 Å². The van der Waals surface area contributed by atoms with Crippen molar-refractivity contribution in [1.29, 1.82) is 0 Å². The summed E-state index contributed by atoms with van der Waals surface area (Å²) in [5.74, 6) is -4.57. The fraction of sp³-hybridized carbons (Fsp3) is 0.312. The van der Waals surface area contributed by atoms with E-state index in [9.17, 15) is 41.4 Å². The van der Waals surface area contributed by atoms with Crippen LogP contribution in [0, 0.1) is 11.6 Å². The minimum atomic E-state index is -4.97. The summed E-state index contributed by atoms with van der Waals surface area (Å²) in [5.41, 5.74) is -5.94. The molecular formula is C32H27ClF5N5O5. The number of alkyl halides is 3. The van der Waals surface area contributed by atoms with Gasteiger partial charge in [0.25, 0.3) is 11.8 Å². The molecule has 0 radical (unpaired) electrons. The SMILES string of the molecule is Cn1nc2c3c(c(NC(=O)c4cc(F)cc(C(F)(F)F)c4)cc2c1C1CN(C(=O)OC(C)(C)C)C1)C(O)(c1cc(F)ccc1Cl)NC3=O. The predicted molar refractivity (Wildman–Crippen MR) is 162 cm³/mol. The van der Waals surface area contributed by atoms with Crippen LogP contribution in [0.5, 0.6) is 0 Å². The minimum Gasteiger partial charge on any atom is -0.444 e. The van der Waals surface area contributed by atoms with Crippen LogP contribution in [-0.2, 0) is 23.7 Å². The second-order valence-electron chi connectivity index (χ2n) is 12.6. The van der Waals surface area contributed by atoms with Crippen LogP contribution in [0.2, 0.25) is 5.02 Å². The summed E-state index contributed by atoms with van der Waals surface area (Å²) in [7, 11) is 1.59. The Kier molecular flexibility index (Phi) is 7.71. The molecule has 1 saturated heterocycles. The van der Waals surface area contributed by atoms with Crippen LogP contribution in [0.1, 0.15) is 69.8 Å². The second-order valence-corrected chi connectivity index (χ2v) is 13.0. The summed E-state index contributed by atoms with van der Waals surface area (Å²) in [5, 5.41) is 21.5. The number of amides is 3. The van der Waals surface area contributed by atoms with Gasteiger partial charge in [-0.05, 0) is 63.2 Å². The molecule has 16 heteroatoms. The van der Waals surface area contributed by atoms with E-state index in [0.29, 0.717) is 23.2 Å². The highest BCUT2D eigenvalue weighted by Crippen LogP contribution is 2.47. The molecule has 10 nitrogen and oxygen atoms in total. The van der Waals surface area contributed by atoms with E-state index in [1.807, 2.05) is 0 Å². The normalized spacial score (nSPS) is 18.1. The van der Waals surface area contributed by atoms with Gasteiger partial charge in [0.2, 0.25) is 0 Å². The lowest BCUT2D eigenvalue weighted by Gasteiger charge is -2.39. The molecule has 0 spiro atoms. The third-order valence-electron chi connectivity index (χ3n) is 8.03. The molecule has 0 aliphatic carbocycles. The maximum Gasteiger partial charge on any atom is 0.416 e. The zero-order valence-electron chi connectivity index (χ0n) is 25.7. The number of aromatic nitrogens is 2. The fourth-order valence-corrected chi connectivity index (χ4v) is 6.26. The van der Waals surface area contributed by atoms with Gasteiger partial charge >= 0.3 is 12.3 Å². The number of carbonyl (C=O) groups is 3. The molecule has 0 bridgehead atoms. The number of aryl methyl sites for hydroxylation is 1. The molecule has 3 heterocycles. The molecule has 1 fully saturated rings. The van der Waals surface area contributed by atoms with Crippen molar-refractivity contribution in [1.82, 2.24) is 20.0 Å². The van der Waals surface area contributed by atoms with Gasteiger partial charge < -0.3 is 25.4 Å². The molecule has 3 amide bonds. The molecule has 252 valence electrons. The summed E-state index contributed by atoms with van der Waals surface area (Å²) in [6, 6.07) is 5.66. The largest absolute Gasteiger partial charge is 0.444 e. The second kappa shape index (κ2) is 11.2. The number of fused-ring (bicyclic) bond motifs is 3. The van der Waals surface area contributed by atoms with Crippen LogP contribution in [0.4, 0.5) is 32.4 Å². The molecule has 2 aliphatic heterocycles. The topological polar surface area (TPSA) is 126 Å². The van der Waals surface area contributed by atoms with Crippen LogP contribution in [-0.4, -0.2) is 56.4 Å². The van der Waals surface area contributed by atoms with Crippen molar-refractivity contribution >= 4 is 46.1 Å². The summed E-state index contributed by atoms with van der Waals surface area (Å²) < 4.78 is 76.0. The number of likely N-dealkylation sites (tertiary alicyclic amines) is 1. The number of benzene rings is 3. The smallest absolute Gasteiger partial charge is 0.416 e. The van der Waals surface area contributed by atoms with E-state index >= 15 is 0 Å². The van der Waals surface area contributed by atoms with Gasteiger partial charge in [0, 0.05) is 53.2 Å². The molecule has 1 atom stereocenters. The number of carbonyl (C=O) groups excluding carboxylic acids is 3. The number of nitrogens with one attached hydrogen (secondary N) is 2. The number of rotatable bonds is 4. The highest BCUT2D eigenvalue weighted by Gasteiger charge is 2.49. The molecule has 48 heavy (non-hydrogen) atoms. The Labute approximate surface area is 274 Å². The van der Waals surface area contributed by atoms with Gasteiger partial charge in [-0.15, -0.1) is 0 Å². The fourth-order valence-electron chi connectivity index (χ4n) is 6.00. The van der Waals surface area contributed by atoms with E-state index in [1.165, 1.54) is 15.6 Å². The van der Waals surface area contributed by atoms with Crippen molar-refractivity contribution in [3.8, 4) is 0 Å². The first kappa shape index (κ1) is 33.2. The van der Waals surface area contributed by atoms with Gasteiger partial charge in [-0.25, -0.2) is 13.6 Å². The van der Waals surface area contributed by atoms with Crippen molar-refractivity contribution in [2.75, 3.05) is 18.4 Å². The molecule has 1 aromatic heterocycles. The van der Waals surface area contributed by atoms with Crippen molar-refractivity contribution in [3.63, 3.8) is 0 Å². The van der Waals surface area contributed by atoms with E-state index in [0.717, 1.165) is 18.2 Å². The first-order valence-electron chi connectivity index (χ1n) is 14.5. The van der Waals surface area contributed by atoms with Gasteiger partial charge in [-0.2, -0.15) is 18.3 Å². The molecule has 1 unspecified atom stereocenters. The quantitative estimate of drug-likeness (QED) is 0.224. The Morgan fingerprint density at radius 2 is 1.77 bits per heavy atom. The number of aliphatic hydroxyl groups is 1. The van der Waals surface area contributed by atoms with Crippen LogP contribution in [0.3, 0.4) is 0 Å². The number of hydrogen-bond donors (Lipinski definition) is 3. The summed E-state index contributed by atoms with van der Waals surface area (Å²) in [4.78, 5) is 41.1. The third kappa shape index (κ3) is 5.70. The molecular weight excluding hydrogens is 665 g/mol. The molecule has 0 saturated carbocycles. The average molecular weight is 692 g/mol. The Hall–Kier alpha value is -4.76. The summed E-state index contributed by atoms with van der Waals surface area (Å²) in [6.07, 6.45) is -5.51. The summed E-state index contributed by atoms with van der Waals surface area (Å²) in [6.45, 7) is 5.60. The summed E-state index contributed by atoms with van der Waals surface area (Å²) >= 11 is 6.33. The minimum absolute atomic E-state index is 0.0716. The van der Waals surface area contributed by atoms with E-state index in [2.05, 4.69) is 15.7 Å². The van der Waals surface area contributed by atoms with Crippen LogP contribution in [0.15, 0.2) is 42.5 Å². The Morgan fingerprint density at radius 1 is 1.08 bits per heavy atom. The van der Waals surface area contributed by atoms with Crippen molar-refractivity contribution in [2.45, 2.75) is 44.2 Å². The molecule has 6 rings (SSSR count). The lowest BCUT2D eigenvalue weighted by molar-refractivity contribution is -0.137. The Morgan fingerprint density at radius 3 is 2.42 bits per heavy atom. The molecule has 4 aromatic rings. The van der Waals surface area contributed by atoms with Crippen molar-refractivity contribution in [3.05, 3.63) is 92.6 Å². The zero-order chi connectivity index (χ0) is 35.1. The number of ether oxygens (including phenoxy) is 1. The lowest BCUT2D eigenvalue weighted by atomic mass is 9.88. The monoisotopic (exact) mass is 691 g/mol. The maximum atomic E-state index is 14.4.